The van der Waals surface area contributed by atoms with Crippen LogP contribution < -0.4 is 5.32 Å². The minimum Gasteiger partial charge on any atom is -0.446 e. The maximum atomic E-state index is 14.3. The Morgan fingerprint density at radius 1 is 0.646 bits per heavy atom. The fraction of sp³-hybridized carbons (Fsp3) is 0.461. The molecule has 1 N–H and O–H groups in total. The maximum Gasteiger partial charge on any atom is 0.416 e. The van der Waals surface area contributed by atoms with Crippen LogP contribution in [0.5, 0.6) is 0 Å². The number of likely N-dealkylation sites (N-methyl/N-ethyl adjacent to an activating group) is 2. The van der Waals surface area contributed by atoms with Crippen molar-refractivity contribution in [2.24, 2.45) is 0 Å². The average molecular weight is 1380 g/mol. The van der Waals surface area contributed by atoms with Crippen LogP contribution in [0.15, 0.2) is 146 Å². The average Bonchev–Trinajstić information content (AvgIpc) is 1.62. The van der Waals surface area contributed by atoms with Crippen molar-refractivity contribution < 1.29 is 68.9 Å². The molecule has 0 radical (unpaired) electrons. The highest BCUT2D eigenvalue weighted by Gasteiger charge is 2.50. The van der Waals surface area contributed by atoms with Crippen LogP contribution in [-0.2, 0) is 60.1 Å². The van der Waals surface area contributed by atoms with E-state index in [0.717, 1.165) is 91.0 Å². The van der Waals surface area contributed by atoms with E-state index >= 15 is 0 Å². The van der Waals surface area contributed by atoms with Crippen molar-refractivity contribution in [1.82, 2.24) is 34.3 Å². The van der Waals surface area contributed by atoms with Crippen LogP contribution in [0.2, 0.25) is 0 Å². The topological polar surface area (TPSA) is 148 Å². The molecule has 6 aromatic carbocycles. The lowest BCUT2D eigenvalue weighted by Gasteiger charge is -2.44. The summed E-state index contributed by atoms with van der Waals surface area (Å²) in [6.07, 6.45) is -4.03. The van der Waals surface area contributed by atoms with Crippen molar-refractivity contribution in [2.75, 3.05) is 119 Å². The summed E-state index contributed by atoms with van der Waals surface area (Å²) in [5, 5.41) is 2.94. The van der Waals surface area contributed by atoms with Gasteiger partial charge in [-0.1, -0.05) is 110 Å². The molecule has 0 bridgehead atoms. The monoisotopic (exact) mass is 1370 g/mol. The van der Waals surface area contributed by atoms with E-state index in [9.17, 15) is 54.7 Å². The fourth-order valence-electron chi connectivity index (χ4n) is 14.2. The van der Waals surface area contributed by atoms with Crippen LogP contribution in [-0.4, -0.2) is 190 Å². The summed E-state index contributed by atoms with van der Waals surface area (Å²) in [4.78, 5) is 80.4. The molecule has 5 amide bonds. The number of anilines is 1. The predicted molar refractivity (Wildman–Crippen MR) is 363 cm³/mol. The van der Waals surface area contributed by atoms with Gasteiger partial charge in [0.25, 0.3) is 11.8 Å². The molecular formula is C76H89F7N8O8. The van der Waals surface area contributed by atoms with E-state index in [4.69, 9.17) is 14.2 Å². The molecule has 23 heteroatoms. The molecule has 6 aromatic rings. The third-order valence-electron chi connectivity index (χ3n) is 20.1. The Hall–Kier alpha value is -8.22. The van der Waals surface area contributed by atoms with E-state index in [1.807, 2.05) is 105 Å². The maximum absolute atomic E-state index is 14.3. The highest BCUT2D eigenvalue weighted by molar-refractivity contribution is 5.96. The summed E-state index contributed by atoms with van der Waals surface area (Å²) in [7, 11) is 7.38. The molecule has 16 nitrogen and oxygen atoms in total. The van der Waals surface area contributed by atoms with Gasteiger partial charge in [0.1, 0.15) is 30.9 Å². The van der Waals surface area contributed by atoms with Crippen LogP contribution in [0.25, 0.3) is 11.1 Å². The number of nitrogens with one attached hydrogen (secondary N) is 1. The summed E-state index contributed by atoms with van der Waals surface area (Å²) < 4.78 is 116. The number of ether oxygens (including phenoxy) is 3. The molecule has 2 atom stereocenters. The number of carbonyl (C=O) groups is 5. The summed E-state index contributed by atoms with van der Waals surface area (Å²) in [5.41, 5.74) is 1.27. The van der Waals surface area contributed by atoms with E-state index in [1.54, 1.807) is 28.8 Å². The van der Waals surface area contributed by atoms with Gasteiger partial charge in [0.2, 0.25) is 11.8 Å². The van der Waals surface area contributed by atoms with Gasteiger partial charge in [0.15, 0.2) is 0 Å². The second kappa shape index (κ2) is 32.8. The molecule has 0 saturated carbocycles. The lowest BCUT2D eigenvalue weighted by Crippen LogP contribution is -2.50. The van der Waals surface area contributed by atoms with Crippen molar-refractivity contribution in [3.05, 3.63) is 196 Å². The number of fused-ring (bicyclic) bond motifs is 2. The second-order valence-corrected chi connectivity index (χ2v) is 26.9. The van der Waals surface area contributed by atoms with Crippen LogP contribution in [0.1, 0.15) is 118 Å². The number of benzene rings is 6. The zero-order valence-electron chi connectivity index (χ0n) is 56.7. The molecule has 0 unspecified atom stereocenters. The normalized spacial score (nSPS) is 18.1. The summed E-state index contributed by atoms with van der Waals surface area (Å²) in [6.45, 7) is 5.94. The minimum absolute atomic E-state index is 0.0272. The SMILES string of the molecule is CN(CCCCCC(=O)N(C)CCN1CCC(OC(=O)Nc2ccccc2-c2ccccc2)CC1)Cc1ccccc1C(=O)N(C)CCCN(C)C(=O)CO[C@H]1Cc2ccccc2C12CCN(CC[C@]1(c3ccc(F)cc3)CN(C(=O)c3cc(C(F)(F)F)cc(C(F)(F)F)c3)CO1)CC2. The molecule has 3 heterocycles. The van der Waals surface area contributed by atoms with Crippen molar-refractivity contribution in [3.8, 4) is 11.1 Å². The first-order valence-electron chi connectivity index (χ1n) is 34.1. The number of piperidine rings is 2. The summed E-state index contributed by atoms with van der Waals surface area (Å²) in [6, 6.07) is 39.6. The number of para-hydroxylation sites is 1. The van der Waals surface area contributed by atoms with Crippen LogP contribution in [0, 0.1) is 5.82 Å². The number of halogens is 7. The number of nitrogens with zero attached hydrogens (tertiary/aromatic N) is 7. The van der Waals surface area contributed by atoms with Crippen LogP contribution in [0.3, 0.4) is 0 Å². The Balaban J connectivity index is 0.622. The predicted octanol–water partition coefficient (Wildman–Crippen LogP) is 13.0. The zero-order chi connectivity index (χ0) is 70.5. The lowest BCUT2D eigenvalue weighted by atomic mass is 9.72. The third-order valence-corrected chi connectivity index (χ3v) is 20.1. The molecule has 530 valence electrons. The van der Waals surface area contributed by atoms with E-state index < -0.39 is 64.6 Å². The molecule has 10 rings (SSSR count). The fourth-order valence-corrected chi connectivity index (χ4v) is 14.2. The van der Waals surface area contributed by atoms with E-state index in [-0.39, 0.29) is 55.6 Å². The van der Waals surface area contributed by atoms with Gasteiger partial charge in [-0.2, -0.15) is 26.3 Å². The van der Waals surface area contributed by atoms with Crippen LogP contribution >= 0.6 is 0 Å². The van der Waals surface area contributed by atoms with Gasteiger partial charge in [-0.05, 0) is 155 Å². The van der Waals surface area contributed by atoms with Gasteiger partial charge in [0, 0.05) is 102 Å². The van der Waals surface area contributed by atoms with Gasteiger partial charge in [-0.15, -0.1) is 0 Å². The van der Waals surface area contributed by atoms with E-state index in [0.29, 0.717) is 107 Å². The van der Waals surface area contributed by atoms with Gasteiger partial charge in [0.05, 0.1) is 29.5 Å². The number of alkyl halides is 6. The molecule has 3 saturated heterocycles. The smallest absolute Gasteiger partial charge is 0.416 e. The van der Waals surface area contributed by atoms with Gasteiger partial charge in [-0.25, -0.2) is 9.18 Å². The molecule has 3 aliphatic heterocycles. The molecule has 99 heavy (non-hydrogen) atoms. The highest BCUT2D eigenvalue weighted by Crippen LogP contribution is 2.49. The first-order valence-corrected chi connectivity index (χ1v) is 34.1. The largest absolute Gasteiger partial charge is 0.446 e. The quantitative estimate of drug-likeness (QED) is 0.0388. The molecule has 1 aliphatic carbocycles. The number of rotatable bonds is 27. The summed E-state index contributed by atoms with van der Waals surface area (Å²) in [5.74, 6) is -1.79. The van der Waals surface area contributed by atoms with Crippen molar-refractivity contribution in [3.63, 3.8) is 0 Å². The Kier molecular flexibility index (Phi) is 24.4. The molecule has 0 aromatic heterocycles. The van der Waals surface area contributed by atoms with Crippen LogP contribution in [0.4, 0.5) is 41.2 Å². The first-order chi connectivity index (χ1) is 47.4. The molecule has 4 aliphatic rings. The number of likely N-dealkylation sites (tertiary alicyclic amines) is 2. The number of carbonyl (C=O) groups excluding carboxylic acids is 5. The molecule has 1 spiro atoms. The Morgan fingerprint density at radius 3 is 2.00 bits per heavy atom. The lowest BCUT2D eigenvalue weighted by molar-refractivity contribution is -0.143. The van der Waals surface area contributed by atoms with Gasteiger partial charge >= 0.3 is 18.4 Å². The first kappa shape index (κ1) is 73.5. The third kappa shape index (κ3) is 18.8. The second-order valence-electron chi connectivity index (χ2n) is 26.9. The van der Waals surface area contributed by atoms with E-state index in [2.05, 4.69) is 32.1 Å². The number of amides is 5. The Morgan fingerprint density at radius 2 is 1.28 bits per heavy atom. The Labute approximate surface area is 574 Å². The Bertz CT molecular complexity index is 3700. The standard InChI is InChI=1S/C76H89F7N8O8/c1-85(36-16-6-9-26-68(92)87(3)44-45-89-39-31-62(32-40-89)99-72(96)84-66-25-15-13-22-63(66)54-18-7-5-8-19-54)50-56-21-10-12-23-64(56)71(95)88(4)38-17-37-86(2)69(93)51-97-67-48-55-20-11-14-24-65(55)73(67)33-41-90(42-34-73)43-35-74(58-27-29-61(77)30-28-58)52-91(53-98-74)70(94)57-46-59(75(78,79)80)49-60(47-57)76(81,82)83/h5,7-8,10-15,18-25,27-30,46-47,49,62,67H,6,9,16-17,26,31-45,48,50-53H2,1-4H3,(H,84,96)/t67-,74+/m0/s1. The highest BCUT2D eigenvalue weighted by atomic mass is 19.4. The van der Waals surface area contributed by atoms with Gasteiger partial charge < -0.3 is 48.5 Å². The van der Waals surface area contributed by atoms with Crippen molar-refractivity contribution in [2.45, 2.75) is 113 Å². The van der Waals surface area contributed by atoms with Crippen molar-refractivity contribution >= 4 is 35.4 Å². The molecular weight excluding hydrogens is 1290 g/mol. The van der Waals surface area contributed by atoms with Gasteiger partial charge in [-0.3, -0.25) is 24.5 Å². The zero-order valence-corrected chi connectivity index (χ0v) is 56.7. The number of hydrogen-bond acceptors (Lipinski definition) is 11. The summed E-state index contributed by atoms with van der Waals surface area (Å²) >= 11 is 0. The van der Waals surface area contributed by atoms with E-state index in [1.165, 1.54) is 24.3 Å². The minimum atomic E-state index is -5.15. The number of hydrogen-bond donors (Lipinski definition) is 1. The van der Waals surface area contributed by atoms with Crippen molar-refractivity contribution in [1.29, 1.82) is 0 Å². The molecule has 3 fully saturated rings. The number of unbranched alkanes of at least 4 members (excludes halogenated alkanes) is 2.